The van der Waals surface area contributed by atoms with Crippen LogP contribution in [0, 0.1) is 5.41 Å². The predicted molar refractivity (Wildman–Crippen MR) is 54.3 cm³/mol. The fourth-order valence-electron chi connectivity index (χ4n) is 1.16. The number of thiazole rings is 1. The number of nitrogens with zero attached hydrogens (tertiary/aromatic N) is 1. The van der Waals surface area contributed by atoms with Gasteiger partial charge < -0.3 is 0 Å². The summed E-state index contributed by atoms with van der Waals surface area (Å²) in [6.45, 7) is 0. The highest BCUT2D eigenvalue weighted by molar-refractivity contribution is 7.07. The Kier molecular flexibility index (Phi) is 2.28. The average Bonchev–Trinajstić information content (AvgIpc) is 2.65. The zero-order valence-electron chi connectivity index (χ0n) is 7.31. The Morgan fingerprint density at radius 3 is 2.57 bits per heavy atom. The molecular weight excluding hydrogens is 196 g/mol. The van der Waals surface area contributed by atoms with E-state index >= 15 is 0 Å². The molecule has 0 amide bonds. The van der Waals surface area contributed by atoms with E-state index in [2.05, 4.69) is 0 Å². The number of aromatic nitrogens is 1. The lowest BCUT2D eigenvalue weighted by atomic mass is 10.2. The van der Waals surface area contributed by atoms with E-state index in [1.165, 1.54) is 15.9 Å². The molecular formula is C10H8N2OS. The van der Waals surface area contributed by atoms with Gasteiger partial charge in [-0.1, -0.05) is 18.2 Å². The molecule has 70 valence electrons. The van der Waals surface area contributed by atoms with Crippen LogP contribution in [0.2, 0.25) is 0 Å². The van der Waals surface area contributed by atoms with Gasteiger partial charge in [-0.15, -0.1) is 11.3 Å². The summed E-state index contributed by atoms with van der Waals surface area (Å²) in [6.07, 6.45) is 1.61. The van der Waals surface area contributed by atoms with Gasteiger partial charge in [0.05, 0.1) is 0 Å². The normalized spacial score (nSPS) is 10.0. The molecule has 0 unspecified atom stereocenters. The highest BCUT2D eigenvalue weighted by Gasteiger charge is 2.07. The number of hydrogen-bond acceptors (Lipinski definition) is 3. The minimum Gasteiger partial charge on any atom is -0.275 e. The third-order valence-electron chi connectivity index (χ3n) is 1.85. The number of nitrogens with one attached hydrogen (secondary N) is 1. The van der Waals surface area contributed by atoms with Gasteiger partial charge in [0.25, 0.3) is 5.91 Å². The Morgan fingerprint density at radius 2 is 2.00 bits per heavy atom. The highest BCUT2D eigenvalue weighted by atomic mass is 32.1. The maximum atomic E-state index is 11.8. The molecule has 0 saturated carbocycles. The van der Waals surface area contributed by atoms with Crippen molar-refractivity contribution >= 4 is 17.2 Å². The molecule has 14 heavy (non-hydrogen) atoms. The van der Waals surface area contributed by atoms with E-state index in [-0.39, 0.29) is 10.7 Å². The van der Waals surface area contributed by atoms with Crippen LogP contribution in [-0.2, 0) is 0 Å². The summed E-state index contributed by atoms with van der Waals surface area (Å²) in [6, 6.07) is 8.96. The molecule has 1 heterocycles. The topological polar surface area (TPSA) is 45.9 Å². The van der Waals surface area contributed by atoms with E-state index in [0.29, 0.717) is 5.56 Å². The average molecular weight is 204 g/mol. The molecule has 0 spiro atoms. The number of benzene rings is 1. The molecule has 4 heteroatoms. The fraction of sp³-hybridized carbons (Fsp3) is 0. The predicted octanol–water partition coefficient (Wildman–Crippen LogP) is 1.72. The maximum Gasteiger partial charge on any atom is 0.264 e. The third-order valence-corrected chi connectivity index (χ3v) is 2.53. The second kappa shape index (κ2) is 3.59. The van der Waals surface area contributed by atoms with Gasteiger partial charge >= 0.3 is 0 Å². The van der Waals surface area contributed by atoms with Gasteiger partial charge in [-0.25, -0.2) is 0 Å². The smallest absolute Gasteiger partial charge is 0.264 e. The molecule has 2 rings (SSSR count). The largest absolute Gasteiger partial charge is 0.275 e. The molecule has 0 aliphatic heterocycles. The fourth-order valence-corrected chi connectivity index (χ4v) is 1.73. The van der Waals surface area contributed by atoms with E-state index < -0.39 is 0 Å². The van der Waals surface area contributed by atoms with Crippen LogP contribution in [0.15, 0.2) is 41.9 Å². The van der Waals surface area contributed by atoms with Gasteiger partial charge in [-0.2, -0.15) is 0 Å². The van der Waals surface area contributed by atoms with Crippen molar-refractivity contribution in [3.63, 3.8) is 0 Å². The maximum absolute atomic E-state index is 11.8. The van der Waals surface area contributed by atoms with Crippen molar-refractivity contribution in [3.8, 4) is 0 Å². The zero-order chi connectivity index (χ0) is 9.97. The molecule has 0 atom stereocenters. The Labute approximate surface area is 84.8 Å². The quantitative estimate of drug-likeness (QED) is 0.755. The van der Waals surface area contributed by atoms with Gasteiger partial charge in [0.15, 0.2) is 4.80 Å². The Bertz CT molecular complexity index is 498. The number of hydrogen-bond donors (Lipinski definition) is 1. The van der Waals surface area contributed by atoms with Crippen LogP contribution in [0.25, 0.3) is 0 Å². The van der Waals surface area contributed by atoms with Crippen LogP contribution >= 0.6 is 11.3 Å². The first-order valence-corrected chi connectivity index (χ1v) is 4.97. The van der Waals surface area contributed by atoms with Gasteiger partial charge in [0, 0.05) is 17.1 Å². The molecule has 3 nitrogen and oxygen atoms in total. The third kappa shape index (κ3) is 1.52. The molecule has 0 bridgehead atoms. The number of carbonyl (C=O) groups excluding carboxylic acids is 1. The van der Waals surface area contributed by atoms with Crippen LogP contribution < -0.4 is 4.80 Å². The van der Waals surface area contributed by atoms with Gasteiger partial charge in [-0.05, 0) is 12.1 Å². The van der Waals surface area contributed by atoms with E-state index in [0.717, 1.165) is 0 Å². The van der Waals surface area contributed by atoms with Crippen LogP contribution in [0.4, 0.5) is 0 Å². The number of rotatable bonds is 1. The monoisotopic (exact) mass is 204 g/mol. The van der Waals surface area contributed by atoms with Crippen molar-refractivity contribution in [3.05, 3.63) is 52.3 Å². The van der Waals surface area contributed by atoms with Crippen molar-refractivity contribution in [2.75, 3.05) is 0 Å². The highest BCUT2D eigenvalue weighted by Crippen LogP contribution is 2.01. The van der Waals surface area contributed by atoms with Crippen molar-refractivity contribution in [2.24, 2.45) is 0 Å². The summed E-state index contributed by atoms with van der Waals surface area (Å²) < 4.78 is 1.33. The van der Waals surface area contributed by atoms with E-state index in [1.54, 1.807) is 23.7 Å². The van der Waals surface area contributed by atoms with Gasteiger partial charge in [0.1, 0.15) is 0 Å². The summed E-state index contributed by atoms with van der Waals surface area (Å²) in [7, 11) is 0. The summed E-state index contributed by atoms with van der Waals surface area (Å²) in [5.41, 5.74) is 0.601. The van der Waals surface area contributed by atoms with Crippen molar-refractivity contribution in [1.82, 2.24) is 4.57 Å². The van der Waals surface area contributed by atoms with Crippen LogP contribution in [0.1, 0.15) is 10.4 Å². The molecule has 0 fully saturated rings. The standard InChI is InChI=1S/C10H8N2OS/c11-10-12(6-7-14-10)9(13)8-4-2-1-3-5-8/h1-7,11H. The second-order valence-corrected chi connectivity index (χ2v) is 3.64. The first-order chi connectivity index (χ1) is 6.79. The summed E-state index contributed by atoms with van der Waals surface area (Å²) in [5, 5.41) is 9.22. The molecule has 0 aliphatic carbocycles. The van der Waals surface area contributed by atoms with E-state index in [9.17, 15) is 4.79 Å². The molecule has 0 saturated heterocycles. The first kappa shape index (κ1) is 8.90. The lowest BCUT2D eigenvalue weighted by Crippen LogP contribution is -2.21. The first-order valence-electron chi connectivity index (χ1n) is 4.09. The van der Waals surface area contributed by atoms with Crippen molar-refractivity contribution < 1.29 is 4.79 Å². The molecule has 0 radical (unpaired) electrons. The van der Waals surface area contributed by atoms with Crippen LogP contribution in [0.5, 0.6) is 0 Å². The SMILES string of the molecule is N=c1sccn1C(=O)c1ccccc1. The van der Waals surface area contributed by atoms with Crippen molar-refractivity contribution in [1.29, 1.82) is 5.41 Å². The summed E-state index contributed by atoms with van der Waals surface area (Å²) in [4.78, 5) is 12.0. The van der Waals surface area contributed by atoms with Crippen LogP contribution in [0.3, 0.4) is 0 Å². The molecule has 1 N–H and O–H groups in total. The van der Waals surface area contributed by atoms with Gasteiger partial charge in [-0.3, -0.25) is 14.8 Å². The minimum atomic E-state index is -0.156. The Balaban J connectivity index is 2.44. The second-order valence-electron chi connectivity index (χ2n) is 2.75. The lowest BCUT2D eigenvalue weighted by molar-refractivity contribution is 0.0956. The Morgan fingerprint density at radius 1 is 1.29 bits per heavy atom. The summed E-state index contributed by atoms with van der Waals surface area (Å²) >= 11 is 1.24. The minimum absolute atomic E-state index is 0.156. The van der Waals surface area contributed by atoms with Crippen molar-refractivity contribution in [2.45, 2.75) is 0 Å². The number of carbonyl (C=O) groups is 1. The van der Waals surface area contributed by atoms with E-state index in [4.69, 9.17) is 5.41 Å². The summed E-state index contributed by atoms with van der Waals surface area (Å²) in [5.74, 6) is -0.156. The van der Waals surface area contributed by atoms with Crippen LogP contribution in [-0.4, -0.2) is 10.5 Å². The van der Waals surface area contributed by atoms with E-state index in [1.807, 2.05) is 18.2 Å². The Hall–Kier alpha value is -1.68. The zero-order valence-corrected chi connectivity index (χ0v) is 8.12. The molecule has 0 aliphatic rings. The molecule has 1 aromatic carbocycles. The molecule has 2 aromatic rings. The van der Waals surface area contributed by atoms with Gasteiger partial charge in [0.2, 0.25) is 0 Å². The lowest BCUT2D eigenvalue weighted by Gasteiger charge is -1.99. The molecule has 1 aromatic heterocycles.